The van der Waals surface area contributed by atoms with Crippen LogP contribution in [-0.2, 0) is 19.4 Å². The quantitative estimate of drug-likeness (QED) is 0.873. The summed E-state index contributed by atoms with van der Waals surface area (Å²) in [6.07, 6.45) is 1.57. The minimum absolute atomic E-state index is 0.141. The Morgan fingerprint density at radius 1 is 1.35 bits per heavy atom. The third-order valence-corrected chi connectivity index (χ3v) is 5.21. The second-order valence-corrected chi connectivity index (χ2v) is 6.54. The molecule has 0 spiro atoms. The van der Waals surface area contributed by atoms with Crippen molar-refractivity contribution in [1.29, 1.82) is 0 Å². The molecule has 0 saturated carbocycles. The summed E-state index contributed by atoms with van der Waals surface area (Å²) in [5, 5.41) is 10.1. The van der Waals surface area contributed by atoms with E-state index in [-0.39, 0.29) is 11.6 Å². The topological polar surface area (TPSA) is 32.7 Å². The van der Waals surface area contributed by atoms with Crippen LogP contribution < -0.4 is 4.74 Å². The van der Waals surface area contributed by atoms with E-state index in [4.69, 9.17) is 4.74 Å². The van der Waals surface area contributed by atoms with Gasteiger partial charge in [0.25, 0.3) is 0 Å². The van der Waals surface area contributed by atoms with Crippen LogP contribution in [0.2, 0.25) is 0 Å². The number of rotatable bonds is 4. The number of phenolic OH excluding ortho intramolecular Hbond substituents is 1. The van der Waals surface area contributed by atoms with Crippen molar-refractivity contribution in [2.75, 3.05) is 20.2 Å². The average molecular weight is 380 g/mol. The van der Waals surface area contributed by atoms with Crippen molar-refractivity contribution >= 4 is 15.9 Å². The van der Waals surface area contributed by atoms with Crippen LogP contribution >= 0.6 is 15.9 Å². The second kappa shape index (κ2) is 6.89. The van der Waals surface area contributed by atoms with Gasteiger partial charge in [-0.2, -0.15) is 0 Å². The Morgan fingerprint density at radius 2 is 2.13 bits per heavy atom. The second-order valence-electron chi connectivity index (χ2n) is 5.75. The van der Waals surface area contributed by atoms with E-state index in [0.29, 0.717) is 16.6 Å². The molecule has 1 aliphatic heterocycles. The molecule has 1 N–H and O–H groups in total. The summed E-state index contributed by atoms with van der Waals surface area (Å²) in [6.45, 7) is 2.45. The maximum Gasteiger partial charge on any atom is 0.172 e. The molecule has 23 heavy (non-hydrogen) atoms. The summed E-state index contributed by atoms with van der Waals surface area (Å²) in [6, 6.07) is 8.82. The fourth-order valence-corrected chi connectivity index (χ4v) is 3.58. The fraction of sp³-hybridized carbons (Fsp3) is 0.333. The molecule has 2 aromatic rings. The van der Waals surface area contributed by atoms with Crippen LogP contribution in [0.4, 0.5) is 4.39 Å². The van der Waals surface area contributed by atoms with E-state index in [0.717, 1.165) is 37.2 Å². The molecule has 0 bridgehead atoms. The molecule has 1 aliphatic rings. The van der Waals surface area contributed by atoms with Crippen LogP contribution in [0, 0.1) is 5.82 Å². The molecule has 5 heteroatoms. The molecule has 0 aliphatic carbocycles. The van der Waals surface area contributed by atoms with Gasteiger partial charge in [0.1, 0.15) is 5.82 Å². The third kappa shape index (κ3) is 3.35. The largest absolute Gasteiger partial charge is 0.503 e. The molecule has 0 atom stereocenters. The number of hydrogen-bond acceptors (Lipinski definition) is 3. The lowest BCUT2D eigenvalue weighted by atomic mass is 9.98. The smallest absolute Gasteiger partial charge is 0.172 e. The summed E-state index contributed by atoms with van der Waals surface area (Å²) in [7, 11) is 1.55. The number of hydrogen-bond donors (Lipinski definition) is 1. The Bertz CT molecular complexity index is 720. The molecule has 1 heterocycles. The minimum atomic E-state index is -0.145. The van der Waals surface area contributed by atoms with Crippen molar-refractivity contribution in [2.45, 2.75) is 19.4 Å². The maximum absolute atomic E-state index is 13.7. The minimum Gasteiger partial charge on any atom is -0.503 e. The predicted molar refractivity (Wildman–Crippen MR) is 91.4 cm³/mol. The van der Waals surface area contributed by atoms with Gasteiger partial charge in [-0.1, -0.05) is 18.2 Å². The molecule has 122 valence electrons. The van der Waals surface area contributed by atoms with Gasteiger partial charge >= 0.3 is 0 Å². The Hall–Kier alpha value is -1.59. The zero-order valence-corrected chi connectivity index (χ0v) is 14.6. The van der Waals surface area contributed by atoms with Crippen LogP contribution in [0.3, 0.4) is 0 Å². The number of halogens is 2. The highest BCUT2D eigenvalue weighted by molar-refractivity contribution is 9.10. The molecule has 3 rings (SSSR count). The van der Waals surface area contributed by atoms with Crippen molar-refractivity contribution in [3.8, 4) is 11.5 Å². The maximum atomic E-state index is 13.7. The van der Waals surface area contributed by atoms with E-state index in [1.54, 1.807) is 13.2 Å². The van der Waals surface area contributed by atoms with Crippen molar-refractivity contribution in [1.82, 2.24) is 4.90 Å². The highest BCUT2D eigenvalue weighted by Gasteiger charge is 2.23. The number of aromatic hydroxyl groups is 1. The lowest BCUT2D eigenvalue weighted by Crippen LogP contribution is -2.32. The van der Waals surface area contributed by atoms with Gasteiger partial charge in [-0.15, -0.1) is 0 Å². The third-order valence-electron chi connectivity index (χ3n) is 4.35. The fourth-order valence-electron chi connectivity index (χ4n) is 3.01. The van der Waals surface area contributed by atoms with Crippen molar-refractivity contribution in [2.24, 2.45) is 0 Å². The van der Waals surface area contributed by atoms with E-state index in [9.17, 15) is 9.50 Å². The number of fused-ring (bicyclic) bond motifs is 1. The zero-order valence-electron chi connectivity index (χ0n) is 13.0. The van der Waals surface area contributed by atoms with Gasteiger partial charge in [-0.25, -0.2) is 4.39 Å². The molecule has 3 nitrogen and oxygen atoms in total. The number of phenols is 1. The van der Waals surface area contributed by atoms with Gasteiger partial charge in [0.05, 0.1) is 11.6 Å². The van der Waals surface area contributed by atoms with Gasteiger partial charge in [0.2, 0.25) is 0 Å². The van der Waals surface area contributed by atoms with Crippen LogP contribution in [0.25, 0.3) is 0 Å². The normalized spacial score (nSPS) is 14.6. The summed E-state index contributed by atoms with van der Waals surface area (Å²) in [5.41, 5.74) is 3.02. The van der Waals surface area contributed by atoms with Crippen molar-refractivity contribution in [3.63, 3.8) is 0 Å². The monoisotopic (exact) mass is 379 g/mol. The Labute approximate surface area is 143 Å². The highest BCUT2D eigenvalue weighted by Crippen LogP contribution is 2.40. The van der Waals surface area contributed by atoms with E-state index >= 15 is 0 Å². The van der Waals surface area contributed by atoms with Gasteiger partial charge in [-0.05, 0) is 57.6 Å². The van der Waals surface area contributed by atoms with Crippen molar-refractivity contribution < 1.29 is 14.2 Å². The molecule has 0 amide bonds. The molecular weight excluding hydrogens is 361 g/mol. The van der Waals surface area contributed by atoms with Crippen LogP contribution in [0.1, 0.15) is 16.7 Å². The Morgan fingerprint density at radius 3 is 2.87 bits per heavy atom. The average Bonchev–Trinajstić information content (AvgIpc) is 2.57. The van der Waals surface area contributed by atoms with E-state index in [1.807, 2.05) is 18.2 Å². The summed E-state index contributed by atoms with van der Waals surface area (Å²) in [5.74, 6) is 0.492. The summed E-state index contributed by atoms with van der Waals surface area (Å²) in [4.78, 5) is 2.28. The number of nitrogens with zero attached hydrogens (tertiary/aromatic N) is 1. The molecule has 0 radical (unpaired) electrons. The molecule has 2 aromatic carbocycles. The van der Waals surface area contributed by atoms with E-state index < -0.39 is 0 Å². The first-order chi connectivity index (χ1) is 11.1. The molecule has 0 unspecified atom stereocenters. The Kier molecular flexibility index (Phi) is 4.87. The van der Waals surface area contributed by atoms with E-state index in [1.165, 1.54) is 11.6 Å². The first-order valence-electron chi connectivity index (χ1n) is 7.63. The number of benzene rings is 2. The van der Waals surface area contributed by atoms with Crippen LogP contribution in [-0.4, -0.2) is 30.2 Å². The molecule has 0 fully saturated rings. The first-order valence-corrected chi connectivity index (χ1v) is 8.42. The Balaban J connectivity index is 1.73. The zero-order chi connectivity index (χ0) is 16.4. The summed E-state index contributed by atoms with van der Waals surface area (Å²) < 4.78 is 19.6. The van der Waals surface area contributed by atoms with Crippen molar-refractivity contribution in [3.05, 3.63) is 57.3 Å². The van der Waals surface area contributed by atoms with E-state index in [2.05, 4.69) is 20.8 Å². The molecule has 0 saturated heterocycles. The first kappa shape index (κ1) is 16.3. The highest BCUT2D eigenvalue weighted by atomic mass is 79.9. The van der Waals surface area contributed by atoms with Crippen LogP contribution in [0.15, 0.2) is 34.8 Å². The molecular formula is C18H19BrFNO2. The van der Waals surface area contributed by atoms with Gasteiger partial charge < -0.3 is 9.84 Å². The lowest BCUT2D eigenvalue weighted by molar-refractivity contribution is 0.254. The molecule has 0 aromatic heterocycles. The van der Waals surface area contributed by atoms with Gasteiger partial charge in [0.15, 0.2) is 11.5 Å². The lowest BCUT2D eigenvalue weighted by Gasteiger charge is -2.30. The number of ether oxygens (including phenoxy) is 1. The standard InChI is InChI=1S/C18H19BrFNO2/c1-23-16-10-13-7-9-21(11-14(13)17(19)18(16)22)8-6-12-4-2-3-5-15(12)20/h2-5,10,22H,6-9,11H2,1H3. The van der Waals surface area contributed by atoms with Gasteiger partial charge in [-0.3, -0.25) is 4.90 Å². The van der Waals surface area contributed by atoms with Crippen LogP contribution in [0.5, 0.6) is 11.5 Å². The predicted octanol–water partition coefficient (Wildman–Crippen LogP) is 3.90. The number of methoxy groups -OCH3 is 1. The SMILES string of the molecule is COc1cc2c(c(Br)c1O)CN(CCc1ccccc1F)CC2. The summed E-state index contributed by atoms with van der Waals surface area (Å²) >= 11 is 3.48. The van der Waals surface area contributed by atoms with Gasteiger partial charge in [0, 0.05) is 19.6 Å².